The van der Waals surface area contributed by atoms with Gasteiger partial charge in [-0.2, -0.15) is 0 Å². The van der Waals surface area contributed by atoms with Gasteiger partial charge in [-0.3, -0.25) is 4.79 Å². The number of carbonyl (C=O) groups excluding carboxylic acids is 1. The molecule has 1 amide bonds. The lowest BCUT2D eigenvalue weighted by Gasteiger charge is -2.26. The van der Waals surface area contributed by atoms with Crippen molar-refractivity contribution in [1.29, 1.82) is 0 Å². The highest BCUT2D eigenvalue weighted by Crippen LogP contribution is 2.49. The maximum atomic E-state index is 12.4. The second-order valence-electron chi connectivity index (χ2n) is 6.97. The van der Waals surface area contributed by atoms with Gasteiger partial charge in [0.1, 0.15) is 13.2 Å². The predicted octanol–water partition coefficient (Wildman–Crippen LogP) is 1.95. The quantitative estimate of drug-likeness (QED) is 0.894. The molecule has 2 fully saturated rings. The van der Waals surface area contributed by atoms with Crippen molar-refractivity contribution in [3.63, 3.8) is 0 Å². The second kappa shape index (κ2) is 6.04. The molecule has 0 radical (unpaired) electrons. The molecule has 0 bridgehead atoms. The summed E-state index contributed by atoms with van der Waals surface area (Å²) in [5.74, 6) is 2.23. The van der Waals surface area contributed by atoms with Gasteiger partial charge in [0.2, 0.25) is 5.91 Å². The summed E-state index contributed by atoms with van der Waals surface area (Å²) in [6, 6.07) is 6.68. The van der Waals surface area contributed by atoms with Crippen molar-refractivity contribution in [3.05, 3.63) is 23.8 Å². The van der Waals surface area contributed by atoms with Gasteiger partial charge in [0.05, 0.1) is 0 Å². The molecule has 23 heavy (non-hydrogen) atoms. The van der Waals surface area contributed by atoms with Crippen molar-refractivity contribution in [2.24, 2.45) is 11.7 Å². The van der Waals surface area contributed by atoms with Crippen LogP contribution >= 0.6 is 0 Å². The number of hydrogen-bond acceptors (Lipinski definition) is 4. The van der Waals surface area contributed by atoms with Crippen molar-refractivity contribution in [3.8, 4) is 11.5 Å². The highest BCUT2D eigenvalue weighted by molar-refractivity contribution is 5.83. The Balaban J connectivity index is 1.35. The van der Waals surface area contributed by atoms with E-state index in [0.29, 0.717) is 31.2 Å². The molecule has 0 spiro atoms. The lowest BCUT2D eigenvalue weighted by atomic mass is 9.91. The zero-order valence-electron chi connectivity index (χ0n) is 13.3. The van der Waals surface area contributed by atoms with Crippen molar-refractivity contribution in [2.45, 2.75) is 50.1 Å². The maximum Gasteiger partial charge on any atom is 0.223 e. The number of nitrogens with two attached hydrogens (primary N) is 1. The second-order valence-corrected chi connectivity index (χ2v) is 6.97. The number of benzene rings is 1. The molecule has 2 atom stereocenters. The summed E-state index contributed by atoms with van der Waals surface area (Å²) in [6.07, 6.45) is 4.97. The minimum absolute atomic E-state index is 0.105. The number of hydrogen-bond donors (Lipinski definition) is 2. The first kappa shape index (κ1) is 14.8. The number of amides is 1. The molecule has 1 aromatic carbocycles. The van der Waals surface area contributed by atoms with Crippen molar-refractivity contribution < 1.29 is 14.3 Å². The van der Waals surface area contributed by atoms with E-state index >= 15 is 0 Å². The number of rotatable bonds is 3. The smallest absolute Gasteiger partial charge is 0.223 e. The fraction of sp³-hybridized carbons (Fsp3) is 0.611. The zero-order chi connectivity index (χ0) is 15.8. The summed E-state index contributed by atoms with van der Waals surface area (Å²) in [7, 11) is 0. The van der Waals surface area contributed by atoms with Crippen molar-refractivity contribution in [1.82, 2.24) is 5.32 Å². The summed E-state index contributed by atoms with van der Waals surface area (Å²) < 4.78 is 11.2. The van der Waals surface area contributed by atoms with Crippen LogP contribution in [0.25, 0.3) is 0 Å². The van der Waals surface area contributed by atoms with Crippen LogP contribution in [0.3, 0.4) is 0 Å². The minimum atomic E-state index is 0.105. The minimum Gasteiger partial charge on any atom is -0.486 e. The highest BCUT2D eigenvalue weighted by Gasteiger charge is 2.44. The predicted molar refractivity (Wildman–Crippen MR) is 86.7 cm³/mol. The number of ether oxygens (including phenoxy) is 2. The molecule has 4 rings (SSSR count). The maximum absolute atomic E-state index is 12.4. The third kappa shape index (κ3) is 3.15. The fourth-order valence-corrected chi connectivity index (χ4v) is 3.72. The van der Waals surface area contributed by atoms with Crippen LogP contribution in [0.5, 0.6) is 11.5 Å². The van der Waals surface area contributed by atoms with Gasteiger partial charge in [-0.25, -0.2) is 0 Å². The van der Waals surface area contributed by atoms with Crippen LogP contribution in [0.15, 0.2) is 18.2 Å². The SMILES string of the molecule is NC1CCC(NC(=O)C2CC2c2ccc3c(c2)OCCO3)CC1. The molecule has 1 aromatic rings. The Morgan fingerprint density at radius 2 is 1.83 bits per heavy atom. The molecular formula is C18H24N2O3. The Bertz CT molecular complexity index is 596. The first-order chi connectivity index (χ1) is 11.2. The highest BCUT2D eigenvalue weighted by atomic mass is 16.6. The van der Waals surface area contributed by atoms with Gasteiger partial charge in [0.15, 0.2) is 11.5 Å². The summed E-state index contributed by atoms with van der Waals surface area (Å²) in [5, 5.41) is 3.21. The van der Waals surface area contributed by atoms with Crippen LogP contribution in [0.4, 0.5) is 0 Å². The summed E-state index contributed by atoms with van der Waals surface area (Å²) in [4.78, 5) is 12.4. The summed E-state index contributed by atoms with van der Waals surface area (Å²) in [5.41, 5.74) is 7.10. The van der Waals surface area contributed by atoms with E-state index in [2.05, 4.69) is 11.4 Å². The lowest BCUT2D eigenvalue weighted by Crippen LogP contribution is -2.41. The molecule has 2 aliphatic carbocycles. The molecule has 5 heteroatoms. The Labute approximate surface area is 136 Å². The van der Waals surface area contributed by atoms with E-state index in [4.69, 9.17) is 15.2 Å². The summed E-state index contributed by atoms with van der Waals surface area (Å²) in [6.45, 7) is 1.20. The van der Waals surface area contributed by atoms with E-state index in [0.717, 1.165) is 43.6 Å². The molecular weight excluding hydrogens is 292 g/mol. The average Bonchev–Trinajstić information content (AvgIpc) is 3.37. The molecule has 1 aliphatic heterocycles. The molecule has 124 valence electrons. The largest absolute Gasteiger partial charge is 0.486 e. The van der Waals surface area contributed by atoms with Crippen LogP contribution in [-0.2, 0) is 4.79 Å². The molecule has 2 saturated carbocycles. The molecule has 3 N–H and O–H groups in total. The van der Waals surface area contributed by atoms with E-state index in [1.165, 1.54) is 5.56 Å². The van der Waals surface area contributed by atoms with Gasteiger partial charge in [0, 0.05) is 18.0 Å². The fourth-order valence-electron chi connectivity index (χ4n) is 3.72. The Kier molecular flexibility index (Phi) is 3.89. The van der Waals surface area contributed by atoms with Gasteiger partial charge < -0.3 is 20.5 Å². The molecule has 0 saturated heterocycles. The lowest BCUT2D eigenvalue weighted by molar-refractivity contribution is -0.123. The third-order valence-electron chi connectivity index (χ3n) is 5.24. The van der Waals surface area contributed by atoms with Crippen LogP contribution in [0.1, 0.15) is 43.6 Å². The Morgan fingerprint density at radius 3 is 2.61 bits per heavy atom. The molecule has 5 nitrogen and oxygen atoms in total. The first-order valence-corrected chi connectivity index (χ1v) is 8.66. The number of carbonyl (C=O) groups is 1. The van der Waals surface area contributed by atoms with Crippen LogP contribution < -0.4 is 20.5 Å². The van der Waals surface area contributed by atoms with E-state index in [1.807, 2.05) is 12.1 Å². The van der Waals surface area contributed by atoms with Crippen LogP contribution in [0.2, 0.25) is 0 Å². The van der Waals surface area contributed by atoms with Crippen molar-refractivity contribution in [2.75, 3.05) is 13.2 Å². The van der Waals surface area contributed by atoms with Crippen LogP contribution in [-0.4, -0.2) is 31.2 Å². The zero-order valence-corrected chi connectivity index (χ0v) is 13.3. The standard InChI is InChI=1S/C18H24N2O3/c19-12-2-4-13(5-3-12)20-18(21)15-10-14(15)11-1-6-16-17(9-11)23-8-7-22-16/h1,6,9,12-15H,2-5,7-8,10,19H2,(H,20,21). The third-order valence-corrected chi connectivity index (χ3v) is 5.24. The normalized spacial score (nSPS) is 32.2. The molecule has 1 heterocycles. The molecule has 0 aromatic heterocycles. The topological polar surface area (TPSA) is 73.6 Å². The van der Waals surface area contributed by atoms with E-state index in [1.54, 1.807) is 0 Å². The van der Waals surface area contributed by atoms with E-state index in [-0.39, 0.29) is 11.8 Å². The van der Waals surface area contributed by atoms with Crippen molar-refractivity contribution >= 4 is 5.91 Å². The first-order valence-electron chi connectivity index (χ1n) is 8.66. The monoisotopic (exact) mass is 316 g/mol. The molecule has 2 unspecified atom stereocenters. The average molecular weight is 316 g/mol. The summed E-state index contributed by atoms with van der Waals surface area (Å²) >= 11 is 0. The van der Waals surface area contributed by atoms with Gasteiger partial charge in [-0.1, -0.05) is 6.07 Å². The van der Waals surface area contributed by atoms with Gasteiger partial charge >= 0.3 is 0 Å². The number of nitrogens with one attached hydrogen (secondary N) is 1. The van der Waals surface area contributed by atoms with Gasteiger partial charge in [-0.15, -0.1) is 0 Å². The van der Waals surface area contributed by atoms with Gasteiger partial charge in [-0.05, 0) is 55.7 Å². The number of fused-ring (bicyclic) bond motifs is 1. The molecule has 3 aliphatic rings. The van der Waals surface area contributed by atoms with Crippen LogP contribution in [0, 0.1) is 5.92 Å². The Hall–Kier alpha value is -1.75. The van der Waals surface area contributed by atoms with Gasteiger partial charge in [0.25, 0.3) is 0 Å². The van der Waals surface area contributed by atoms with E-state index in [9.17, 15) is 4.79 Å². The Morgan fingerprint density at radius 1 is 1.09 bits per heavy atom. The van der Waals surface area contributed by atoms with E-state index < -0.39 is 0 Å².